The molecule has 0 radical (unpaired) electrons. The van der Waals surface area contributed by atoms with Gasteiger partial charge in [0, 0.05) is 30.6 Å². The molecule has 0 bridgehead atoms. The van der Waals surface area contributed by atoms with Crippen LogP contribution >= 0.6 is 11.6 Å². The molecule has 1 unspecified atom stereocenters. The van der Waals surface area contributed by atoms with Crippen LogP contribution in [-0.4, -0.2) is 50.1 Å². The molecule has 34 heavy (non-hydrogen) atoms. The lowest BCUT2D eigenvalue weighted by Crippen LogP contribution is -2.37. The second-order valence-electron chi connectivity index (χ2n) is 8.56. The molecule has 2 aromatic heterocycles. The Kier molecular flexibility index (Phi) is 5.93. The summed E-state index contributed by atoms with van der Waals surface area (Å²) in [6, 6.07) is 7.59. The molecule has 7 nitrogen and oxygen atoms in total. The van der Waals surface area contributed by atoms with E-state index in [2.05, 4.69) is 20.1 Å². The second kappa shape index (κ2) is 8.90. The maximum Gasteiger partial charge on any atom is 0.315 e. The predicted octanol–water partition coefficient (Wildman–Crippen LogP) is 4.51. The van der Waals surface area contributed by atoms with Crippen molar-refractivity contribution < 1.29 is 18.0 Å². The summed E-state index contributed by atoms with van der Waals surface area (Å²) >= 11 is 6.20. The summed E-state index contributed by atoms with van der Waals surface area (Å²) in [5.41, 5.74) is 1.39. The Morgan fingerprint density at radius 1 is 1.12 bits per heavy atom. The monoisotopic (exact) mass is 490 g/mol. The van der Waals surface area contributed by atoms with Gasteiger partial charge in [0.25, 0.3) is 5.91 Å². The van der Waals surface area contributed by atoms with E-state index in [-0.39, 0.29) is 18.3 Å². The van der Waals surface area contributed by atoms with Gasteiger partial charge in [-0.25, -0.2) is 9.37 Å². The zero-order chi connectivity index (χ0) is 24.0. The van der Waals surface area contributed by atoms with E-state index in [0.717, 1.165) is 35.1 Å². The highest BCUT2D eigenvalue weighted by molar-refractivity contribution is 6.30. The molecule has 1 aromatic carbocycles. The molecule has 2 aliphatic rings. The molecule has 1 amide bonds. The maximum atomic E-state index is 13.4. The Bertz CT molecular complexity index is 1210. The number of amides is 1. The Hall–Kier alpha value is -3.14. The minimum absolute atomic E-state index is 0.00227. The number of benzene rings is 1. The fourth-order valence-corrected chi connectivity index (χ4v) is 4.96. The van der Waals surface area contributed by atoms with Crippen molar-refractivity contribution in [3.05, 3.63) is 64.6 Å². The van der Waals surface area contributed by atoms with Crippen molar-refractivity contribution >= 4 is 23.3 Å². The van der Waals surface area contributed by atoms with Crippen LogP contribution in [0.2, 0.25) is 5.02 Å². The molecule has 0 N–H and O–H groups in total. The lowest BCUT2D eigenvalue weighted by atomic mass is 9.95. The van der Waals surface area contributed by atoms with Gasteiger partial charge >= 0.3 is 6.43 Å². The quantitative estimate of drug-likeness (QED) is 0.540. The number of nitrogens with zero attached hydrogens (tertiary/aromatic N) is 6. The highest BCUT2D eigenvalue weighted by Crippen LogP contribution is 2.37. The number of rotatable bonds is 3. The number of piperidine rings is 1. The van der Waals surface area contributed by atoms with E-state index in [1.165, 1.54) is 12.3 Å². The summed E-state index contributed by atoms with van der Waals surface area (Å²) in [5.74, 6) is 0.311. The van der Waals surface area contributed by atoms with Crippen molar-refractivity contribution in [3.63, 3.8) is 0 Å². The van der Waals surface area contributed by atoms with Crippen molar-refractivity contribution in [1.29, 1.82) is 0 Å². The molecular weight excluding hydrogens is 469 g/mol. The van der Waals surface area contributed by atoms with Crippen LogP contribution in [-0.2, 0) is 11.3 Å². The number of halogens is 4. The first-order chi connectivity index (χ1) is 16.3. The molecule has 0 aliphatic carbocycles. The average molecular weight is 491 g/mol. The van der Waals surface area contributed by atoms with Crippen LogP contribution < -0.4 is 4.90 Å². The molecule has 178 valence electrons. The third kappa shape index (κ3) is 4.00. The number of fused-ring (bicyclic) bond motifs is 3. The van der Waals surface area contributed by atoms with Gasteiger partial charge in [-0.2, -0.15) is 8.78 Å². The average Bonchev–Trinajstić information content (AvgIpc) is 3.22. The molecule has 0 saturated carbocycles. The van der Waals surface area contributed by atoms with E-state index in [9.17, 15) is 18.0 Å². The van der Waals surface area contributed by atoms with Crippen LogP contribution in [0.25, 0.3) is 5.69 Å². The Labute approximate surface area is 199 Å². The Morgan fingerprint density at radius 3 is 2.53 bits per heavy atom. The number of anilines is 1. The predicted molar refractivity (Wildman–Crippen MR) is 120 cm³/mol. The smallest absolute Gasteiger partial charge is 0.315 e. The molecule has 1 fully saturated rings. The van der Waals surface area contributed by atoms with Gasteiger partial charge < -0.3 is 9.80 Å². The van der Waals surface area contributed by atoms with Crippen molar-refractivity contribution in [3.8, 4) is 5.69 Å². The number of carbonyl (C=O) groups excluding carboxylic acids is 1. The van der Waals surface area contributed by atoms with Gasteiger partial charge in [-0.15, -0.1) is 10.2 Å². The van der Waals surface area contributed by atoms with E-state index in [1.54, 1.807) is 25.1 Å². The summed E-state index contributed by atoms with van der Waals surface area (Å²) in [6.07, 6.45) is -0.402. The molecule has 3 aromatic rings. The van der Waals surface area contributed by atoms with Crippen molar-refractivity contribution in [2.75, 3.05) is 18.0 Å². The van der Waals surface area contributed by atoms with Gasteiger partial charge in [-0.3, -0.25) is 9.36 Å². The maximum absolute atomic E-state index is 13.4. The van der Waals surface area contributed by atoms with Gasteiger partial charge in [-0.05, 0) is 55.7 Å². The zero-order valence-corrected chi connectivity index (χ0v) is 19.1. The summed E-state index contributed by atoms with van der Waals surface area (Å²) < 4.78 is 41.8. The molecule has 2 aliphatic heterocycles. The number of pyridine rings is 1. The lowest BCUT2D eigenvalue weighted by molar-refractivity contribution is -0.146. The van der Waals surface area contributed by atoms with Crippen LogP contribution in [0.5, 0.6) is 0 Å². The SMILES string of the molecule is CC1c2nnc(C3CCN(c4ccc(F)cn4)CC3)n2-c2ccc(Cl)cc2CN1C(=O)C(F)F. The first-order valence-electron chi connectivity index (χ1n) is 11.0. The summed E-state index contributed by atoms with van der Waals surface area (Å²) in [6.45, 7) is 3.08. The third-order valence-corrected chi connectivity index (χ3v) is 6.78. The second-order valence-corrected chi connectivity index (χ2v) is 9.00. The highest BCUT2D eigenvalue weighted by atomic mass is 35.5. The van der Waals surface area contributed by atoms with Crippen LogP contribution in [0.1, 0.15) is 48.9 Å². The lowest BCUT2D eigenvalue weighted by Gasteiger charge is -2.32. The molecule has 11 heteroatoms. The van der Waals surface area contributed by atoms with E-state index < -0.39 is 18.4 Å². The number of hydrogen-bond donors (Lipinski definition) is 0. The van der Waals surface area contributed by atoms with E-state index >= 15 is 0 Å². The molecule has 4 heterocycles. The van der Waals surface area contributed by atoms with Crippen molar-refractivity contribution in [2.45, 2.75) is 44.7 Å². The minimum atomic E-state index is -3.12. The van der Waals surface area contributed by atoms with Gasteiger partial charge in [0.1, 0.15) is 17.5 Å². The number of aromatic nitrogens is 4. The topological polar surface area (TPSA) is 67.2 Å². The summed E-state index contributed by atoms with van der Waals surface area (Å²) in [5, 5.41) is 9.25. The van der Waals surface area contributed by atoms with E-state index in [1.807, 2.05) is 10.6 Å². The Balaban J connectivity index is 1.49. The summed E-state index contributed by atoms with van der Waals surface area (Å²) in [7, 11) is 0. The molecule has 5 rings (SSSR count). The highest BCUT2D eigenvalue weighted by Gasteiger charge is 2.37. The van der Waals surface area contributed by atoms with Gasteiger partial charge in [0.15, 0.2) is 5.82 Å². The zero-order valence-electron chi connectivity index (χ0n) is 18.3. The van der Waals surface area contributed by atoms with Gasteiger partial charge in [0.2, 0.25) is 0 Å². The van der Waals surface area contributed by atoms with Crippen LogP contribution in [0.15, 0.2) is 36.5 Å². The van der Waals surface area contributed by atoms with Crippen molar-refractivity contribution in [1.82, 2.24) is 24.6 Å². The fourth-order valence-electron chi connectivity index (χ4n) is 4.77. The fraction of sp³-hybridized carbons (Fsp3) is 0.391. The first-order valence-corrected chi connectivity index (χ1v) is 11.4. The third-order valence-electron chi connectivity index (χ3n) is 6.54. The van der Waals surface area contributed by atoms with Crippen LogP contribution in [0, 0.1) is 5.82 Å². The Morgan fingerprint density at radius 2 is 1.85 bits per heavy atom. The number of hydrogen-bond acceptors (Lipinski definition) is 5. The standard InChI is InChI=1S/C23H22ClF3N6O/c1-13-21-29-30-22(14-6-8-31(9-7-14)19-5-3-17(25)11-28-19)33(21)18-4-2-16(24)10-15(18)12-32(13)23(34)20(26)27/h2-5,10-11,13-14,20H,6-9,12H2,1H3. The van der Waals surface area contributed by atoms with Crippen LogP contribution in [0.3, 0.4) is 0 Å². The van der Waals surface area contributed by atoms with Crippen LogP contribution in [0.4, 0.5) is 19.0 Å². The van der Waals surface area contributed by atoms with E-state index in [0.29, 0.717) is 29.5 Å². The normalized spacial score (nSPS) is 18.6. The molecule has 1 saturated heterocycles. The first kappa shape index (κ1) is 22.6. The van der Waals surface area contributed by atoms with Gasteiger partial charge in [-0.1, -0.05) is 11.6 Å². The number of alkyl halides is 2. The molecule has 0 spiro atoms. The van der Waals surface area contributed by atoms with Gasteiger partial charge in [0.05, 0.1) is 17.9 Å². The summed E-state index contributed by atoms with van der Waals surface area (Å²) in [4.78, 5) is 19.7. The molecular formula is C23H22ClF3N6O. The van der Waals surface area contributed by atoms with E-state index in [4.69, 9.17) is 11.6 Å². The van der Waals surface area contributed by atoms with Crippen molar-refractivity contribution in [2.24, 2.45) is 0 Å². The largest absolute Gasteiger partial charge is 0.357 e. The number of carbonyl (C=O) groups is 1. The molecule has 1 atom stereocenters. The minimum Gasteiger partial charge on any atom is -0.357 e.